The topological polar surface area (TPSA) is 51.6 Å². The molecule has 0 unspecified atom stereocenters. The summed E-state index contributed by atoms with van der Waals surface area (Å²) in [5.74, 6) is 1.39. The van der Waals surface area contributed by atoms with Crippen LogP contribution in [0.3, 0.4) is 0 Å². The molecule has 0 fully saturated rings. The highest BCUT2D eigenvalue weighted by molar-refractivity contribution is 6.22. The van der Waals surface area contributed by atoms with Crippen LogP contribution in [0.5, 0.6) is 0 Å². The van der Waals surface area contributed by atoms with E-state index in [0.29, 0.717) is 11.6 Å². The maximum absolute atomic E-state index is 5.23. The van der Waals surface area contributed by atoms with Gasteiger partial charge in [-0.3, -0.25) is 0 Å². The summed E-state index contributed by atoms with van der Waals surface area (Å²) in [5.41, 5.74) is 14.5. The lowest BCUT2D eigenvalue weighted by Gasteiger charge is -2.20. The normalized spacial score (nSPS) is 11.2. The first kappa shape index (κ1) is 36.7. The van der Waals surface area contributed by atoms with E-state index in [2.05, 4.69) is 170 Å². The van der Waals surface area contributed by atoms with Crippen LogP contribution in [0.2, 0.25) is 0 Å². The van der Waals surface area contributed by atoms with E-state index in [-0.39, 0.29) is 0 Å². The summed E-state index contributed by atoms with van der Waals surface area (Å²) in [6, 6.07) is 76.5. The molecule has 0 aliphatic rings. The van der Waals surface area contributed by atoms with E-state index >= 15 is 0 Å². The van der Waals surface area contributed by atoms with Crippen molar-refractivity contribution in [2.45, 2.75) is 0 Å². The molecule has 0 radical (unpaired) electrons. The summed E-state index contributed by atoms with van der Waals surface area (Å²) in [6.07, 6.45) is 3.98. The Morgan fingerprint density at radius 3 is 0.887 bits per heavy atom. The zero-order chi connectivity index (χ0) is 41.2. The lowest BCUT2D eigenvalue weighted by atomic mass is 9.83. The average Bonchev–Trinajstić information content (AvgIpc) is 3.36. The monoisotopic (exact) mass is 790 g/mol. The Bertz CT molecular complexity index is 3130. The van der Waals surface area contributed by atoms with Gasteiger partial charge in [-0.25, -0.2) is 19.9 Å². The molecule has 0 aliphatic heterocycles. The molecular weight excluding hydrogens is 753 g/mol. The SMILES string of the molecule is c1ccc(-c2ncc(-c3ccc4c(-c5ccccc5)c5cc(-c6cnc(-c7ccccc7)nc6-c6ccccc6)ccc5c(-c5ccccc5)c4c3)c(-c3ccccc3)n2)cc1. The third-order valence-corrected chi connectivity index (χ3v) is 11.6. The first-order valence-corrected chi connectivity index (χ1v) is 20.9. The van der Waals surface area contributed by atoms with Gasteiger partial charge in [-0.15, -0.1) is 0 Å². The zero-order valence-electron chi connectivity index (χ0n) is 33.7. The number of fused-ring (bicyclic) bond motifs is 2. The summed E-state index contributed by atoms with van der Waals surface area (Å²) in [7, 11) is 0. The van der Waals surface area contributed by atoms with Gasteiger partial charge < -0.3 is 0 Å². The van der Waals surface area contributed by atoms with Crippen molar-refractivity contribution in [3.63, 3.8) is 0 Å². The molecule has 2 heterocycles. The van der Waals surface area contributed by atoms with E-state index in [1.807, 2.05) is 60.9 Å². The molecule has 11 rings (SSSR count). The van der Waals surface area contributed by atoms with Gasteiger partial charge in [0, 0.05) is 45.8 Å². The number of rotatable bonds is 8. The molecule has 0 amide bonds. The Morgan fingerprint density at radius 1 is 0.242 bits per heavy atom. The van der Waals surface area contributed by atoms with Gasteiger partial charge in [0.1, 0.15) is 0 Å². The molecule has 4 nitrogen and oxygen atoms in total. The molecule has 11 aromatic rings. The molecule has 0 aliphatic carbocycles. The molecule has 62 heavy (non-hydrogen) atoms. The summed E-state index contributed by atoms with van der Waals surface area (Å²) in [4.78, 5) is 20.4. The molecule has 0 spiro atoms. The molecule has 0 bridgehead atoms. The van der Waals surface area contributed by atoms with Crippen LogP contribution in [0.4, 0.5) is 0 Å². The quantitative estimate of drug-likeness (QED) is 0.144. The Balaban J connectivity index is 1.18. The molecule has 0 N–H and O–H groups in total. The highest BCUT2D eigenvalue weighted by atomic mass is 14.9. The number of aromatic nitrogens is 4. The molecule has 290 valence electrons. The van der Waals surface area contributed by atoms with Gasteiger partial charge in [0.15, 0.2) is 11.6 Å². The van der Waals surface area contributed by atoms with E-state index in [1.165, 1.54) is 11.1 Å². The van der Waals surface area contributed by atoms with Crippen LogP contribution in [0, 0.1) is 0 Å². The predicted octanol–water partition coefficient (Wildman–Crippen LogP) is 14.9. The van der Waals surface area contributed by atoms with Gasteiger partial charge in [0.2, 0.25) is 0 Å². The molecule has 0 saturated carbocycles. The van der Waals surface area contributed by atoms with Crippen molar-refractivity contribution < 1.29 is 0 Å². The minimum absolute atomic E-state index is 0.697. The summed E-state index contributed by atoms with van der Waals surface area (Å²) in [5, 5.41) is 4.62. The minimum atomic E-state index is 0.697. The van der Waals surface area contributed by atoms with Crippen LogP contribution < -0.4 is 0 Å². The van der Waals surface area contributed by atoms with Crippen LogP contribution >= 0.6 is 0 Å². The van der Waals surface area contributed by atoms with Gasteiger partial charge in [-0.2, -0.15) is 0 Å². The number of hydrogen-bond donors (Lipinski definition) is 0. The van der Waals surface area contributed by atoms with Gasteiger partial charge in [0.05, 0.1) is 11.4 Å². The Hall–Kier alpha value is -8.34. The molecule has 9 aromatic carbocycles. The molecule has 0 saturated heterocycles. The van der Waals surface area contributed by atoms with Crippen LogP contribution in [0.15, 0.2) is 231 Å². The summed E-state index contributed by atoms with van der Waals surface area (Å²) in [6.45, 7) is 0. The van der Waals surface area contributed by atoms with Gasteiger partial charge in [0.25, 0.3) is 0 Å². The number of benzene rings is 9. The van der Waals surface area contributed by atoms with Crippen molar-refractivity contribution in [1.82, 2.24) is 19.9 Å². The van der Waals surface area contributed by atoms with Crippen molar-refractivity contribution in [1.29, 1.82) is 0 Å². The fraction of sp³-hybridized carbons (Fsp3) is 0. The van der Waals surface area contributed by atoms with Crippen LogP contribution in [-0.4, -0.2) is 19.9 Å². The second-order valence-electron chi connectivity index (χ2n) is 15.4. The highest BCUT2D eigenvalue weighted by Gasteiger charge is 2.21. The first-order valence-electron chi connectivity index (χ1n) is 20.9. The maximum Gasteiger partial charge on any atom is 0.159 e. The van der Waals surface area contributed by atoms with E-state index in [4.69, 9.17) is 19.9 Å². The summed E-state index contributed by atoms with van der Waals surface area (Å²) < 4.78 is 0. The molecule has 0 atom stereocenters. The highest BCUT2D eigenvalue weighted by Crippen LogP contribution is 2.47. The van der Waals surface area contributed by atoms with E-state index in [0.717, 1.165) is 88.6 Å². The van der Waals surface area contributed by atoms with Crippen molar-refractivity contribution in [2.24, 2.45) is 0 Å². The number of hydrogen-bond acceptors (Lipinski definition) is 4. The van der Waals surface area contributed by atoms with E-state index in [9.17, 15) is 0 Å². The van der Waals surface area contributed by atoms with Gasteiger partial charge in [-0.05, 0) is 67.1 Å². The smallest absolute Gasteiger partial charge is 0.159 e. The first-order chi connectivity index (χ1) is 30.8. The fourth-order valence-corrected chi connectivity index (χ4v) is 8.67. The largest absolute Gasteiger partial charge is 0.236 e. The molecule has 4 heteroatoms. The Kier molecular flexibility index (Phi) is 9.49. The van der Waals surface area contributed by atoms with E-state index < -0.39 is 0 Å². The summed E-state index contributed by atoms with van der Waals surface area (Å²) >= 11 is 0. The van der Waals surface area contributed by atoms with Gasteiger partial charge >= 0.3 is 0 Å². The third-order valence-electron chi connectivity index (χ3n) is 11.6. The Labute approximate surface area is 360 Å². The van der Waals surface area contributed by atoms with Crippen LogP contribution in [0.1, 0.15) is 0 Å². The lowest BCUT2D eigenvalue weighted by Crippen LogP contribution is -1.97. The second kappa shape index (κ2) is 16.0. The minimum Gasteiger partial charge on any atom is -0.236 e. The van der Waals surface area contributed by atoms with Crippen LogP contribution in [-0.2, 0) is 0 Å². The van der Waals surface area contributed by atoms with Crippen molar-refractivity contribution in [2.75, 3.05) is 0 Å². The molecular formula is C58H38N4. The number of nitrogens with zero attached hydrogens (tertiary/aromatic N) is 4. The third kappa shape index (κ3) is 6.80. The van der Waals surface area contributed by atoms with Crippen molar-refractivity contribution in [3.8, 4) is 89.8 Å². The maximum atomic E-state index is 5.23. The average molecular weight is 791 g/mol. The predicted molar refractivity (Wildman–Crippen MR) is 256 cm³/mol. The standard InChI is InChI=1S/C58H38N4/c1-7-19-39(20-8-1)53-47-33-31-46(52-38-60-58(44-29-17-6-18-30-44)62-56(52)42-25-13-4-14-26-42)36-50(47)54(40-21-9-2-10-22-40)48-34-32-45(35-49(48)53)51-37-59-57(43-27-15-5-16-28-43)61-55(51)41-23-11-3-12-24-41/h1-38H. The van der Waals surface area contributed by atoms with E-state index in [1.54, 1.807) is 0 Å². The second-order valence-corrected chi connectivity index (χ2v) is 15.4. The molecule has 2 aromatic heterocycles. The van der Waals surface area contributed by atoms with Crippen LogP contribution in [0.25, 0.3) is 111 Å². The van der Waals surface area contributed by atoms with Crippen molar-refractivity contribution in [3.05, 3.63) is 231 Å². The van der Waals surface area contributed by atoms with Gasteiger partial charge in [-0.1, -0.05) is 206 Å². The Morgan fingerprint density at radius 2 is 0.548 bits per heavy atom. The van der Waals surface area contributed by atoms with Crippen molar-refractivity contribution >= 4 is 21.5 Å². The zero-order valence-corrected chi connectivity index (χ0v) is 33.7. The fourth-order valence-electron chi connectivity index (χ4n) is 8.67. The lowest BCUT2D eigenvalue weighted by molar-refractivity contribution is 1.18.